The standard InChI is InChI=1S/C24H24N2O2S/c1-18(2)28-22-14-10-19(11-15-22)16-25-26-24(27)21-12-8-20(9-13-21)17-29-23-6-4-3-5-7-23/h3-16,18H,17H2,1-2H3,(H,26,27)/b25-16-. The number of ether oxygens (including phenoxy) is 1. The maximum absolute atomic E-state index is 12.3. The summed E-state index contributed by atoms with van der Waals surface area (Å²) in [5.74, 6) is 1.44. The number of hydrogen-bond acceptors (Lipinski definition) is 4. The Morgan fingerprint density at radius 3 is 2.34 bits per heavy atom. The van der Waals surface area contributed by atoms with E-state index in [0.29, 0.717) is 5.56 Å². The van der Waals surface area contributed by atoms with Crippen LogP contribution in [0.5, 0.6) is 5.75 Å². The van der Waals surface area contributed by atoms with E-state index in [2.05, 4.69) is 22.7 Å². The van der Waals surface area contributed by atoms with Gasteiger partial charge in [-0.05, 0) is 73.5 Å². The number of carbonyl (C=O) groups is 1. The van der Waals surface area contributed by atoms with E-state index in [0.717, 1.165) is 17.1 Å². The van der Waals surface area contributed by atoms with Crippen LogP contribution in [0.4, 0.5) is 0 Å². The molecule has 1 N–H and O–H groups in total. The molecule has 0 unspecified atom stereocenters. The van der Waals surface area contributed by atoms with Gasteiger partial charge in [-0.1, -0.05) is 30.3 Å². The highest BCUT2D eigenvalue weighted by molar-refractivity contribution is 7.98. The number of thioether (sulfide) groups is 1. The van der Waals surface area contributed by atoms with Crippen LogP contribution in [0.1, 0.15) is 35.3 Å². The fourth-order valence-electron chi connectivity index (χ4n) is 2.57. The topological polar surface area (TPSA) is 50.7 Å². The van der Waals surface area contributed by atoms with Crippen molar-refractivity contribution in [3.05, 3.63) is 95.6 Å². The van der Waals surface area contributed by atoms with E-state index in [1.807, 2.05) is 80.6 Å². The van der Waals surface area contributed by atoms with Crippen molar-refractivity contribution in [2.45, 2.75) is 30.6 Å². The van der Waals surface area contributed by atoms with E-state index in [1.165, 1.54) is 10.5 Å². The van der Waals surface area contributed by atoms with Gasteiger partial charge in [0.15, 0.2) is 0 Å². The Kier molecular flexibility index (Phi) is 7.47. The SMILES string of the molecule is CC(C)Oc1ccc(/C=N\NC(=O)c2ccc(CSc3ccccc3)cc2)cc1. The number of rotatable bonds is 8. The predicted octanol–water partition coefficient (Wildman–Crippen LogP) is 5.53. The molecule has 0 heterocycles. The molecule has 0 saturated carbocycles. The Morgan fingerprint density at radius 1 is 1.00 bits per heavy atom. The normalized spacial score (nSPS) is 11.0. The summed E-state index contributed by atoms with van der Waals surface area (Å²) >= 11 is 1.77. The summed E-state index contributed by atoms with van der Waals surface area (Å²) in [5.41, 5.74) is 5.20. The van der Waals surface area contributed by atoms with Crippen molar-refractivity contribution in [2.75, 3.05) is 0 Å². The van der Waals surface area contributed by atoms with Crippen LogP contribution in [0.3, 0.4) is 0 Å². The first-order valence-electron chi connectivity index (χ1n) is 9.47. The predicted molar refractivity (Wildman–Crippen MR) is 120 cm³/mol. The quantitative estimate of drug-likeness (QED) is 0.305. The highest BCUT2D eigenvalue weighted by atomic mass is 32.2. The fourth-order valence-corrected chi connectivity index (χ4v) is 3.45. The number of benzene rings is 3. The number of nitrogens with one attached hydrogen (secondary N) is 1. The molecule has 0 bridgehead atoms. The van der Waals surface area contributed by atoms with Crippen molar-refractivity contribution >= 4 is 23.9 Å². The molecule has 0 aliphatic carbocycles. The van der Waals surface area contributed by atoms with Crippen molar-refractivity contribution in [3.8, 4) is 5.75 Å². The van der Waals surface area contributed by atoms with Gasteiger partial charge in [0.25, 0.3) is 5.91 Å². The summed E-state index contributed by atoms with van der Waals surface area (Å²) in [7, 11) is 0. The molecule has 3 aromatic carbocycles. The van der Waals surface area contributed by atoms with E-state index < -0.39 is 0 Å². The summed E-state index contributed by atoms with van der Waals surface area (Å²) < 4.78 is 5.61. The van der Waals surface area contributed by atoms with Crippen LogP contribution in [0.25, 0.3) is 0 Å². The van der Waals surface area contributed by atoms with Crippen LogP contribution < -0.4 is 10.2 Å². The molecule has 0 fully saturated rings. The van der Waals surface area contributed by atoms with Crippen molar-refractivity contribution in [2.24, 2.45) is 5.10 Å². The first kappa shape index (κ1) is 20.7. The van der Waals surface area contributed by atoms with Gasteiger partial charge in [0.1, 0.15) is 5.75 Å². The molecular weight excluding hydrogens is 380 g/mol. The highest BCUT2D eigenvalue weighted by Crippen LogP contribution is 2.22. The molecule has 0 saturated heterocycles. The molecule has 4 nitrogen and oxygen atoms in total. The number of carbonyl (C=O) groups excluding carboxylic acids is 1. The Bertz CT molecular complexity index is 937. The smallest absolute Gasteiger partial charge is 0.271 e. The van der Waals surface area contributed by atoms with Gasteiger partial charge in [-0.3, -0.25) is 4.79 Å². The van der Waals surface area contributed by atoms with Crippen molar-refractivity contribution in [1.29, 1.82) is 0 Å². The molecule has 0 aromatic heterocycles. The number of nitrogens with zero attached hydrogens (tertiary/aromatic N) is 1. The van der Waals surface area contributed by atoms with Gasteiger partial charge in [-0.2, -0.15) is 5.10 Å². The number of hydrazone groups is 1. The molecule has 5 heteroatoms. The molecular formula is C24H24N2O2S. The van der Waals surface area contributed by atoms with E-state index in [-0.39, 0.29) is 12.0 Å². The average molecular weight is 405 g/mol. The van der Waals surface area contributed by atoms with E-state index in [9.17, 15) is 4.79 Å². The van der Waals surface area contributed by atoms with E-state index in [1.54, 1.807) is 18.0 Å². The Balaban J connectivity index is 1.49. The largest absolute Gasteiger partial charge is 0.491 e. The minimum Gasteiger partial charge on any atom is -0.491 e. The Labute approximate surface area is 176 Å². The van der Waals surface area contributed by atoms with Gasteiger partial charge in [0, 0.05) is 16.2 Å². The maximum atomic E-state index is 12.3. The molecule has 0 atom stereocenters. The van der Waals surface area contributed by atoms with Crippen LogP contribution in [0.15, 0.2) is 88.9 Å². The van der Waals surface area contributed by atoms with Gasteiger partial charge >= 0.3 is 0 Å². The van der Waals surface area contributed by atoms with Crippen molar-refractivity contribution in [3.63, 3.8) is 0 Å². The van der Waals surface area contributed by atoms with Crippen LogP contribution in [0, 0.1) is 0 Å². The first-order chi connectivity index (χ1) is 14.1. The Hall–Kier alpha value is -3.05. The second-order valence-corrected chi connectivity index (χ2v) is 7.78. The summed E-state index contributed by atoms with van der Waals surface area (Å²) in [4.78, 5) is 13.5. The lowest BCUT2D eigenvalue weighted by Crippen LogP contribution is -2.17. The van der Waals surface area contributed by atoms with Crippen LogP contribution in [-0.4, -0.2) is 18.2 Å². The molecule has 29 heavy (non-hydrogen) atoms. The average Bonchev–Trinajstić information content (AvgIpc) is 2.74. The van der Waals surface area contributed by atoms with Crippen LogP contribution in [-0.2, 0) is 5.75 Å². The molecule has 3 aromatic rings. The van der Waals surface area contributed by atoms with E-state index >= 15 is 0 Å². The van der Waals surface area contributed by atoms with Gasteiger partial charge in [0.2, 0.25) is 0 Å². The molecule has 0 aliphatic rings. The van der Waals surface area contributed by atoms with Crippen LogP contribution >= 0.6 is 11.8 Å². The maximum Gasteiger partial charge on any atom is 0.271 e. The van der Waals surface area contributed by atoms with Crippen molar-refractivity contribution in [1.82, 2.24) is 5.43 Å². The van der Waals surface area contributed by atoms with Gasteiger partial charge in [-0.15, -0.1) is 11.8 Å². The zero-order valence-corrected chi connectivity index (χ0v) is 17.4. The lowest BCUT2D eigenvalue weighted by Gasteiger charge is -2.09. The molecule has 3 rings (SSSR count). The minimum absolute atomic E-state index is 0.136. The number of hydrogen-bond donors (Lipinski definition) is 1. The third-order valence-electron chi connectivity index (χ3n) is 4.00. The molecule has 1 amide bonds. The van der Waals surface area contributed by atoms with Gasteiger partial charge in [0.05, 0.1) is 12.3 Å². The monoisotopic (exact) mass is 404 g/mol. The molecule has 0 radical (unpaired) electrons. The number of amides is 1. The van der Waals surface area contributed by atoms with Gasteiger partial charge in [-0.25, -0.2) is 5.43 Å². The minimum atomic E-state index is -0.233. The van der Waals surface area contributed by atoms with Crippen LogP contribution in [0.2, 0.25) is 0 Å². The molecule has 0 aliphatic heterocycles. The Morgan fingerprint density at radius 2 is 1.69 bits per heavy atom. The second kappa shape index (κ2) is 10.5. The molecule has 148 valence electrons. The first-order valence-corrected chi connectivity index (χ1v) is 10.5. The van der Waals surface area contributed by atoms with Crippen molar-refractivity contribution < 1.29 is 9.53 Å². The summed E-state index contributed by atoms with van der Waals surface area (Å²) in [5, 5.41) is 4.04. The van der Waals surface area contributed by atoms with Gasteiger partial charge < -0.3 is 4.74 Å². The van der Waals surface area contributed by atoms with E-state index in [4.69, 9.17) is 4.74 Å². The fraction of sp³-hybridized carbons (Fsp3) is 0.167. The lowest BCUT2D eigenvalue weighted by molar-refractivity contribution is 0.0955. The summed E-state index contributed by atoms with van der Waals surface area (Å²) in [6.45, 7) is 3.97. The molecule has 0 spiro atoms. The highest BCUT2D eigenvalue weighted by Gasteiger charge is 2.04. The summed E-state index contributed by atoms with van der Waals surface area (Å²) in [6, 6.07) is 25.4. The zero-order chi connectivity index (χ0) is 20.5. The third-order valence-corrected chi connectivity index (χ3v) is 5.08. The summed E-state index contributed by atoms with van der Waals surface area (Å²) in [6.07, 6.45) is 1.75. The third kappa shape index (κ3) is 6.80. The second-order valence-electron chi connectivity index (χ2n) is 6.73. The lowest BCUT2D eigenvalue weighted by atomic mass is 10.1. The zero-order valence-electron chi connectivity index (χ0n) is 16.5.